The highest BCUT2D eigenvalue weighted by Crippen LogP contribution is 2.22. The smallest absolute Gasteiger partial charge is 0.320 e. The van der Waals surface area contributed by atoms with Crippen LogP contribution in [0, 0.1) is 0 Å². The van der Waals surface area contributed by atoms with E-state index < -0.39 is 5.97 Å². The average molecular weight is 256 g/mol. The Morgan fingerprint density at radius 2 is 2.33 bits per heavy atom. The Morgan fingerprint density at radius 1 is 1.56 bits per heavy atom. The molecular formula is C12H20N2O4. The molecule has 0 radical (unpaired) electrons. The number of carbonyl (C=O) groups is 2. The first-order chi connectivity index (χ1) is 8.58. The van der Waals surface area contributed by atoms with Crippen LogP contribution in [0.5, 0.6) is 0 Å². The van der Waals surface area contributed by atoms with Gasteiger partial charge in [0.05, 0.1) is 12.1 Å². The molecule has 0 bridgehead atoms. The van der Waals surface area contributed by atoms with E-state index in [-0.39, 0.29) is 24.6 Å². The van der Waals surface area contributed by atoms with Gasteiger partial charge in [-0.2, -0.15) is 0 Å². The van der Waals surface area contributed by atoms with Crippen molar-refractivity contribution in [2.45, 2.75) is 37.8 Å². The number of rotatable bonds is 5. The lowest BCUT2D eigenvalue weighted by Gasteiger charge is -2.25. The van der Waals surface area contributed by atoms with E-state index in [1.807, 2.05) is 0 Å². The second-order valence-electron chi connectivity index (χ2n) is 5.04. The minimum absolute atomic E-state index is 0.00259. The number of carbonyl (C=O) groups excluding carboxylic acids is 1. The number of likely N-dealkylation sites (N-methyl/N-ethyl adjacent to an activating group) is 1. The van der Waals surface area contributed by atoms with Gasteiger partial charge in [0, 0.05) is 33.2 Å². The summed E-state index contributed by atoms with van der Waals surface area (Å²) in [6.07, 6.45) is 2.76. The summed E-state index contributed by atoms with van der Waals surface area (Å²) in [5.41, 5.74) is 0. The highest BCUT2D eigenvalue weighted by molar-refractivity contribution is 5.77. The van der Waals surface area contributed by atoms with Crippen molar-refractivity contribution in [2.24, 2.45) is 0 Å². The molecule has 2 unspecified atom stereocenters. The van der Waals surface area contributed by atoms with Gasteiger partial charge >= 0.3 is 12.0 Å². The van der Waals surface area contributed by atoms with Gasteiger partial charge in [-0.15, -0.1) is 0 Å². The van der Waals surface area contributed by atoms with Crippen LogP contribution in [0.2, 0.25) is 0 Å². The van der Waals surface area contributed by atoms with Crippen molar-refractivity contribution in [3.05, 3.63) is 0 Å². The highest BCUT2D eigenvalue weighted by Gasteiger charge is 2.36. The van der Waals surface area contributed by atoms with E-state index >= 15 is 0 Å². The molecule has 2 saturated heterocycles. The maximum absolute atomic E-state index is 12.0. The second kappa shape index (κ2) is 5.56. The van der Waals surface area contributed by atoms with E-state index in [4.69, 9.17) is 9.84 Å². The summed E-state index contributed by atoms with van der Waals surface area (Å²) in [6.45, 7) is 1.97. The fourth-order valence-electron chi connectivity index (χ4n) is 2.64. The van der Waals surface area contributed by atoms with Crippen LogP contribution in [0.1, 0.15) is 25.7 Å². The molecule has 2 atom stereocenters. The van der Waals surface area contributed by atoms with E-state index in [2.05, 4.69) is 0 Å². The van der Waals surface area contributed by atoms with Gasteiger partial charge in [-0.25, -0.2) is 4.79 Å². The van der Waals surface area contributed by atoms with Crippen LogP contribution in [0.25, 0.3) is 0 Å². The number of urea groups is 1. The Bertz CT molecular complexity index is 328. The number of hydrogen-bond acceptors (Lipinski definition) is 3. The van der Waals surface area contributed by atoms with E-state index in [9.17, 15) is 9.59 Å². The molecule has 0 saturated carbocycles. The lowest BCUT2D eigenvalue weighted by Crippen LogP contribution is -2.40. The normalized spacial score (nSPS) is 28.2. The highest BCUT2D eigenvalue weighted by atomic mass is 16.5. The molecule has 0 aromatic carbocycles. The largest absolute Gasteiger partial charge is 0.481 e. The van der Waals surface area contributed by atoms with Crippen LogP contribution < -0.4 is 0 Å². The van der Waals surface area contributed by atoms with E-state index in [1.165, 1.54) is 0 Å². The zero-order valence-corrected chi connectivity index (χ0v) is 10.7. The lowest BCUT2D eigenvalue weighted by molar-refractivity contribution is -0.137. The molecule has 1 N–H and O–H groups in total. The molecule has 0 aromatic heterocycles. The van der Waals surface area contributed by atoms with Crippen LogP contribution in [0.15, 0.2) is 0 Å². The minimum Gasteiger partial charge on any atom is -0.481 e. The third-order valence-electron chi connectivity index (χ3n) is 3.61. The Morgan fingerprint density at radius 3 is 2.94 bits per heavy atom. The summed E-state index contributed by atoms with van der Waals surface area (Å²) >= 11 is 0. The molecule has 18 heavy (non-hydrogen) atoms. The molecule has 102 valence electrons. The van der Waals surface area contributed by atoms with Crippen LogP contribution in [0.3, 0.4) is 0 Å². The number of hydrogen-bond donors (Lipinski definition) is 1. The van der Waals surface area contributed by atoms with Gasteiger partial charge in [0.15, 0.2) is 0 Å². The molecule has 6 nitrogen and oxygen atoms in total. The van der Waals surface area contributed by atoms with Crippen molar-refractivity contribution in [1.29, 1.82) is 0 Å². The molecule has 2 amide bonds. The van der Waals surface area contributed by atoms with Crippen LogP contribution in [-0.4, -0.2) is 65.8 Å². The zero-order valence-electron chi connectivity index (χ0n) is 10.7. The Balaban J connectivity index is 1.93. The van der Waals surface area contributed by atoms with E-state index in [0.717, 1.165) is 19.4 Å². The Labute approximate surface area is 106 Å². The van der Waals surface area contributed by atoms with Gasteiger partial charge in [0.1, 0.15) is 0 Å². The maximum Gasteiger partial charge on any atom is 0.320 e. The van der Waals surface area contributed by atoms with Gasteiger partial charge in [-0.3, -0.25) is 4.79 Å². The average Bonchev–Trinajstić information content (AvgIpc) is 2.91. The molecule has 2 heterocycles. The molecule has 2 fully saturated rings. The van der Waals surface area contributed by atoms with Crippen molar-refractivity contribution >= 4 is 12.0 Å². The van der Waals surface area contributed by atoms with Gasteiger partial charge in [0.25, 0.3) is 0 Å². The van der Waals surface area contributed by atoms with Crippen LogP contribution in [-0.2, 0) is 9.53 Å². The molecule has 0 aromatic rings. The van der Waals surface area contributed by atoms with Gasteiger partial charge in [-0.1, -0.05) is 0 Å². The van der Waals surface area contributed by atoms with Crippen molar-refractivity contribution in [2.75, 3.05) is 26.7 Å². The van der Waals surface area contributed by atoms with Crippen molar-refractivity contribution < 1.29 is 19.4 Å². The maximum atomic E-state index is 12.0. The predicted molar refractivity (Wildman–Crippen MR) is 64.4 cm³/mol. The van der Waals surface area contributed by atoms with Gasteiger partial charge in [0.2, 0.25) is 0 Å². The summed E-state index contributed by atoms with van der Waals surface area (Å²) in [5, 5.41) is 8.73. The number of amides is 2. The summed E-state index contributed by atoms with van der Waals surface area (Å²) in [6, 6.07) is -0.0105. The second-order valence-corrected chi connectivity index (χ2v) is 5.04. The number of carboxylic acid groups (broad SMARTS) is 1. The standard InChI is InChI=1S/C12H20N2O4/c1-13-7-9(4-5-11(15)16)14(12(13)17)8-10-3-2-6-18-10/h9-10H,2-8H2,1H3,(H,15,16). The van der Waals surface area contributed by atoms with E-state index in [1.54, 1.807) is 16.8 Å². The zero-order chi connectivity index (χ0) is 13.1. The fourth-order valence-corrected chi connectivity index (χ4v) is 2.64. The quantitative estimate of drug-likeness (QED) is 0.788. The van der Waals surface area contributed by atoms with E-state index in [0.29, 0.717) is 19.5 Å². The molecule has 2 aliphatic heterocycles. The molecular weight excluding hydrogens is 236 g/mol. The Hall–Kier alpha value is -1.30. The summed E-state index contributed by atoms with van der Waals surface area (Å²) in [4.78, 5) is 26.1. The molecule has 6 heteroatoms. The molecule has 2 aliphatic rings. The predicted octanol–water partition coefficient (Wildman–Crippen LogP) is 0.766. The Kier molecular flexibility index (Phi) is 4.06. The van der Waals surface area contributed by atoms with Crippen molar-refractivity contribution in [3.8, 4) is 0 Å². The topological polar surface area (TPSA) is 70.1 Å². The molecule has 0 aliphatic carbocycles. The SMILES string of the molecule is CN1CC(CCC(=O)O)N(CC2CCCO2)C1=O. The van der Waals surface area contributed by atoms with Crippen molar-refractivity contribution in [1.82, 2.24) is 9.80 Å². The van der Waals surface area contributed by atoms with Crippen LogP contribution >= 0.6 is 0 Å². The molecule has 0 spiro atoms. The summed E-state index contributed by atoms with van der Waals surface area (Å²) < 4.78 is 5.54. The first-order valence-electron chi connectivity index (χ1n) is 6.43. The number of nitrogens with zero attached hydrogens (tertiary/aromatic N) is 2. The monoisotopic (exact) mass is 256 g/mol. The third-order valence-corrected chi connectivity index (χ3v) is 3.61. The van der Waals surface area contributed by atoms with Crippen LogP contribution in [0.4, 0.5) is 4.79 Å². The number of carboxylic acids is 1. The first kappa shape index (κ1) is 13.1. The third kappa shape index (κ3) is 2.93. The molecule has 2 rings (SSSR count). The van der Waals surface area contributed by atoms with Gasteiger partial charge < -0.3 is 19.6 Å². The lowest BCUT2D eigenvalue weighted by atomic mass is 10.1. The van der Waals surface area contributed by atoms with Gasteiger partial charge in [-0.05, 0) is 19.3 Å². The summed E-state index contributed by atoms with van der Waals surface area (Å²) in [5.74, 6) is -0.811. The number of ether oxygens (including phenoxy) is 1. The minimum atomic E-state index is -0.811. The number of aliphatic carboxylic acids is 1. The first-order valence-corrected chi connectivity index (χ1v) is 6.43. The summed E-state index contributed by atoms with van der Waals surface area (Å²) in [7, 11) is 1.76. The van der Waals surface area contributed by atoms with Crippen molar-refractivity contribution in [3.63, 3.8) is 0 Å². The fraction of sp³-hybridized carbons (Fsp3) is 0.833.